The minimum absolute atomic E-state index is 0. The fourth-order valence-corrected chi connectivity index (χ4v) is 5.09. The number of nitrogens with one attached hydrogen (secondary N) is 1. The van der Waals surface area contributed by atoms with Gasteiger partial charge in [0.05, 0.1) is 18.0 Å². The Bertz CT molecular complexity index is 932. The molecule has 2 aromatic rings. The lowest BCUT2D eigenvalue weighted by Crippen LogP contribution is -2.44. The molecule has 1 aromatic carbocycles. The Hall–Kier alpha value is -1.68. The van der Waals surface area contributed by atoms with Crippen LogP contribution in [0.1, 0.15) is 24.4 Å². The van der Waals surface area contributed by atoms with E-state index in [-0.39, 0.29) is 24.5 Å². The van der Waals surface area contributed by atoms with Crippen molar-refractivity contribution in [3.8, 4) is 11.5 Å². The van der Waals surface area contributed by atoms with Gasteiger partial charge in [-0.15, -0.1) is 12.4 Å². The molecule has 1 aromatic heterocycles. The Labute approximate surface area is 165 Å². The summed E-state index contributed by atoms with van der Waals surface area (Å²) in [5.41, 5.74) is 2.54. The van der Waals surface area contributed by atoms with Crippen LogP contribution in [-0.2, 0) is 16.4 Å². The average Bonchev–Trinajstić information content (AvgIpc) is 3.17. The summed E-state index contributed by atoms with van der Waals surface area (Å²) in [6.45, 7) is 4.60. The van der Waals surface area contributed by atoms with Crippen LogP contribution in [-0.4, -0.2) is 62.4 Å². The number of hydrogen-bond donors (Lipinski definition) is 1. The number of aromatic nitrogens is 2. The molecule has 2 atom stereocenters. The van der Waals surface area contributed by atoms with Crippen molar-refractivity contribution in [3.63, 3.8) is 0 Å². The Morgan fingerprint density at radius 3 is 2.81 bits per heavy atom. The number of likely N-dealkylation sites (N-methyl/N-ethyl adjacent to an activating group) is 1. The molecule has 10 heteroatoms. The van der Waals surface area contributed by atoms with Gasteiger partial charge >= 0.3 is 0 Å². The van der Waals surface area contributed by atoms with Crippen LogP contribution in [0.2, 0.25) is 0 Å². The predicted molar refractivity (Wildman–Crippen MR) is 106 cm³/mol. The van der Waals surface area contributed by atoms with Crippen LogP contribution in [0.15, 0.2) is 22.7 Å². The maximum absolute atomic E-state index is 12.0. The molecule has 2 aliphatic heterocycles. The summed E-state index contributed by atoms with van der Waals surface area (Å²) in [6.07, 6.45) is 1.91. The van der Waals surface area contributed by atoms with Gasteiger partial charge in [-0.2, -0.15) is 4.98 Å². The van der Waals surface area contributed by atoms with Crippen LogP contribution in [0, 0.1) is 0 Å². The molecule has 0 radical (unpaired) electrons. The van der Waals surface area contributed by atoms with Gasteiger partial charge in [0.15, 0.2) is 5.82 Å². The van der Waals surface area contributed by atoms with E-state index in [0.717, 1.165) is 36.4 Å². The smallest absolute Gasteiger partial charge is 0.257 e. The number of halogens is 1. The van der Waals surface area contributed by atoms with Crippen molar-refractivity contribution in [1.82, 2.24) is 20.4 Å². The molecule has 1 N–H and O–H groups in total. The van der Waals surface area contributed by atoms with E-state index >= 15 is 0 Å². The molecule has 4 rings (SSSR count). The molecule has 3 heterocycles. The molecule has 27 heavy (non-hydrogen) atoms. The van der Waals surface area contributed by atoms with E-state index in [1.807, 2.05) is 25.1 Å². The molecule has 2 unspecified atom stereocenters. The number of piperazine rings is 1. The first-order chi connectivity index (χ1) is 12.3. The molecule has 0 amide bonds. The van der Waals surface area contributed by atoms with E-state index in [2.05, 4.69) is 27.4 Å². The molecule has 8 nitrogen and oxygen atoms in total. The fourth-order valence-electron chi connectivity index (χ4n) is 3.82. The maximum Gasteiger partial charge on any atom is 0.257 e. The number of rotatable bonds is 3. The van der Waals surface area contributed by atoms with Crippen LogP contribution in [0.3, 0.4) is 0 Å². The third-order valence-electron chi connectivity index (χ3n) is 5.09. The van der Waals surface area contributed by atoms with E-state index in [4.69, 9.17) is 4.52 Å². The topological polar surface area (TPSA) is 91.6 Å². The molecular formula is C17H24ClN5O3S. The van der Waals surface area contributed by atoms with E-state index < -0.39 is 10.0 Å². The van der Waals surface area contributed by atoms with Crippen molar-refractivity contribution in [3.05, 3.63) is 29.6 Å². The minimum atomic E-state index is -3.29. The first-order valence-corrected chi connectivity index (χ1v) is 10.6. The van der Waals surface area contributed by atoms with Crippen LogP contribution in [0.25, 0.3) is 11.5 Å². The van der Waals surface area contributed by atoms with Crippen LogP contribution in [0.5, 0.6) is 0 Å². The first-order valence-electron chi connectivity index (χ1n) is 8.72. The fraction of sp³-hybridized carbons (Fsp3) is 0.529. The average molecular weight is 414 g/mol. The second kappa shape index (κ2) is 7.38. The Morgan fingerprint density at radius 2 is 2.11 bits per heavy atom. The van der Waals surface area contributed by atoms with E-state index in [1.165, 1.54) is 10.6 Å². The lowest BCUT2D eigenvalue weighted by atomic mass is 10.1. The third kappa shape index (κ3) is 3.69. The van der Waals surface area contributed by atoms with Gasteiger partial charge in [0.25, 0.3) is 5.89 Å². The van der Waals surface area contributed by atoms with Gasteiger partial charge in [-0.25, -0.2) is 8.42 Å². The summed E-state index contributed by atoms with van der Waals surface area (Å²) in [5, 5.41) is 7.50. The molecule has 0 bridgehead atoms. The summed E-state index contributed by atoms with van der Waals surface area (Å²) in [6, 6.07) is 5.63. The quantitative estimate of drug-likeness (QED) is 0.814. The second-order valence-corrected chi connectivity index (χ2v) is 8.97. The lowest BCUT2D eigenvalue weighted by molar-refractivity contribution is 0.190. The minimum Gasteiger partial charge on any atom is -0.334 e. The standard InChI is InChI=1S/C17H23N5O3S.ClH/c1-11-8-13-9-12(4-5-14(13)22(11)26(3,23)24)17-19-16(20-25-17)15-10-18-6-7-21(15)2;/h4-5,9,11,15,18H,6-8,10H2,1-3H3;1H. The highest BCUT2D eigenvalue weighted by molar-refractivity contribution is 7.92. The van der Waals surface area contributed by atoms with Crippen LogP contribution >= 0.6 is 12.4 Å². The number of benzene rings is 1. The number of nitrogens with zero attached hydrogens (tertiary/aromatic N) is 4. The van der Waals surface area contributed by atoms with E-state index in [9.17, 15) is 8.42 Å². The van der Waals surface area contributed by atoms with Crippen molar-refractivity contribution in [2.45, 2.75) is 25.4 Å². The molecule has 0 spiro atoms. The molecule has 148 valence electrons. The summed E-state index contributed by atoms with van der Waals surface area (Å²) in [5.74, 6) is 1.13. The van der Waals surface area contributed by atoms with Crippen molar-refractivity contribution in [1.29, 1.82) is 0 Å². The third-order valence-corrected chi connectivity index (χ3v) is 6.36. The van der Waals surface area contributed by atoms with Gasteiger partial charge in [-0.1, -0.05) is 5.16 Å². The number of hydrogen-bond acceptors (Lipinski definition) is 7. The van der Waals surface area contributed by atoms with Crippen molar-refractivity contribution in [2.24, 2.45) is 0 Å². The van der Waals surface area contributed by atoms with Gasteiger partial charge in [0.1, 0.15) is 0 Å². The zero-order chi connectivity index (χ0) is 18.5. The van der Waals surface area contributed by atoms with Gasteiger partial charge in [-0.05, 0) is 44.2 Å². The summed E-state index contributed by atoms with van der Waals surface area (Å²) in [7, 11) is -1.24. The molecule has 1 fully saturated rings. The van der Waals surface area contributed by atoms with Crippen LogP contribution in [0.4, 0.5) is 5.69 Å². The van der Waals surface area contributed by atoms with Crippen molar-refractivity contribution < 1.29 is 12.9 Å². The second-order valence-electron chi connectivity index (χ2n) is 7.11. The van der Waals surface area contributed by atoms with Gasteiger partial charge in [0, 0.05) is 31.2 Å². The number of sulfonamides is 1. The number of fused-ring (bicyclic) bond motifs is 1. The molecule has 2 aliphatic rings. The highest BCUT2D eigenvalue weighted by atomic mass is 35.5. The largest absolute Gasteiger partial charge is 0.334 e. The zero-order valence-corrected chi connectivity index (χ0v) is 17.2. The SMILES string of the molecule is CC1Cc2cc(-c3nc(C4CNCCN4C)no3)ccc2N1S(C)(=O)=O.Cl. The Balaban J connectivity index is 0.00000210. The summed E-state index contributed by atoms with van der Waals surface area (Å²) >= 11 is 0. The number of anilines is 1. The maximum atomic E-state index is 12.0. The highest BCUT2D eigenvalue weighted by Gasteiger charge is 2.33. The predicted octanol–water partition coefficient (Wildman–Crippen LogP) is 1.45. The monoisotopic (exact) mass is 413 g/mol. The Morgan fingerprint density at radius 1 is 1.33 bits per heavy atom. The molecular weight excluding hydrogens is 390 g/mol. The molecule has 0 aliphatic carbocycles. The van der Waals surface area contributed by atoms with Crippen molar-refractivity contribution in [2.75, 3.05) is 37.2 Å². The van der Waals surface area contributed by atoms with Crippen molar-refractivity contribution >= 4 is 28.1 Å². The van der Waals surface area contributed by atoms with Gasteiger partial charge in [-0.3, -0.25) is 9.21 Å². The normalized spacial score (nSPS) is 23.1. The lowest BCUT2D eigenvalue weighted by Gasteiger charge is -2.30. The highest BCUT2D eigenvalue weighted by Crippen LogP contribution is 2.36. The summed E-state index contributed by atoms with van der Waals surface area (Å²) < 4.78 is 31.1. The van der Waals surface area contributed by atoms with E-state index in [0.29, 0.717) is 18.1 Å². The molecule has 0 saturated carbocycles. The zero-order valence-electron chi connectivity index (χ0n) is 15.5. The van der Waals surface area contributed by atoms with Gasteiger partial charge in [0.2, 0.25) is 10.0 Å². The summed E-state index contributed by atoms with van der Waals surface area (Å²) in [4.78, 5) is 6.78. The van der Waals surface area contributed by atoms with E-state index in [1.54, 1.807) is 0 Å². The van der Waals surface area contributed by atoms with Crippen LogP contribution < -0.4 is 9.62 Å². The Kier molecular flexibility index (Phi) is 5.49. The van der Waals surface area contributed by atoms with Gasteiger partial charge < -0.3 is 9.84 Å². The molecule has 1 saturated heterocycles. The first kappa shape index (κ1) is 20.1.